The highest BCUT2D eigenvalue weighted by Gasteiger charge is 2.04. The Morgan fingerprint density at radius 1 is 1.67 bits per heavy atom. The summed E-state index contributed by atoms with van der Waals surface area (Å²) >= 11 is 5.48. The Balaban J connectivity index is 3.55. The topological polar surface area (TPSA) is 0 Å². The first kappa shape index (κ1) is 5.85. The number of hydrogen-bond acceptors (Lipinski definition) is 0. The summed E-state index contributed by atoms with van der Waals surface area (Å²) in [7, 11) is 0. The highest BCUT2D eigenvalue weighted by atomic mass is 35.5. The maximum Gasteiger partial charge on any atom is 0.0990 e. The molecule has 0 spiro atoms. The first-order valence-electron chi connectivity index (χ1n) is 1.73. The molecule has 0 atom stereocenters. The van der Waals surface area contributed by atoms with Gasteiger partial charge >= 0.3 is 0 Å². The largest absolute Gasteiger partial charge is 0.118 e. The van der Waals surface area contributed by atoms with Gasteiger partial charge in [0.1, 0.15) is 0 Å². The van der Waals surface area contributed by atoms with Crippen molar-refractivity contribution in [2.24, 2.45) is 0 Å². The van der Waals surface area contributed by atoms with Crippen LogP contribution in [0.1, 0.15) is 13.8 Å². The van der Waals surface area contributed by atoms with Gasteiger partial charge in [0.25, 0.3) is 0 Å². The van der Waals surface area contributed by atoms with Crippen LogP contribution >= 0.6 is 11.6 Å². The van der Waals surface area contributed by atoms with Crippen molar-refractivity contribution in [3.8, 4) is 12.3 Å². The molecule has 0 aromatic carbocycles. The summed E-state index contributed by atoms with van der Waals surface area (Å²) < 4.78 is 0. The third-order valence-corrected chi connectivity index (χ3v) is 0.452. The second-order valence-corrected chi connectivity index (χ2v) is 2.56. The summed E-state index contributed by atoms with van der Waals surface area (Å²) in [4.78, 5) is -0.458. The van der Waals surface area contributed by atoms with E-state index in [1.165, 1.54) is 0 Å². The summed E-state index contributed by atoms with van der Waals surface area (Å²) in [6.45, 7) is 3.54. The minimum absolute atomic E-state index is 0.458. The SMILES string of the molecule is C#CC(C)(C)Cl. The summed E-state index contributed by atoms with van der Waals surface area (Å²) in [5, 5.41) is 0. The zero-order chi connectivity index (χ0) is 5.21. The van der Waals surface area contributed by atoms with Gasteiger partial charge in [0.15, 0.2) is 0 Å². The van der Waals surface area contributed by atoms with Crippen LogP contribution in [0.2, 0.25) is 0 Å². The molecule has 0 fully saturated rings. The Morgan fingerprint density at radius 2 is 1.83 bits per heavy atom. The molecule has 0 N–H and O–H groups in total. The standard InChI is InChI=1S/C5H7Cl/c1-4-5(2,3)6/h1H,2-3H3. The highest BCUT2D eigenvalue weighted by molar-refractivity contribution is 6.25. The van der Waals surface area contributed by atoms with Crippen molar-refractivity contribution in [2.75, 3.05) is 0 Å². The maximum atomic E-state index is 5.48. The Hall–Kier alpha value is -0.150. The van der Waals surface area contributed by atoms with Gasteiger partial charge in [-0.1, -0.05) is 5.92 Å². The summed E-state index contributed by atoms with van der Waals surface area (Å²) in [5.41, 5.74) is 0. The molecule has 0 heterocycles. The quantitative estimate of drug-likeness (QED) is 0.322. The van der Waals surface area contributed by atoms with E-state index in [1.807, 2.05) is 0 Å². The van der Waals surface area contributed by atoms with Crippen LogP contribution in [0, 0.1) is 12.3 Å². The monoisotopic (exact) mass is 102 g/mol. The fourth-order valence-corrected chi connectivity index (χ4v) is 0. The van der Waals surface area contributed by atoms with Gasteiger partial charge in [-0.25, -0.2) is 0 Å². The Bertz CT molecular complexity index is 70.9. The van der Waals surface area contributed by atoms with Gasteiger partial charge in [0.2, 0.25) is 0 Å². The lowest BCUT2D eigenvalue weighted by Gasteiger charge is -2.01. The first-order valence-corrected chi connectivity index (χ1v) is 2.11. The van der Waals surface area contributed by atoms with Crippen molar-refractivity contribution in [1.29, 1.82) is 0 Å². The molecule has 0 rings (SSSR count). The van der Waals surface area contributed by atoms with Crippen LogP contribution in [0.4, 0.5) is 0 Å². The van der Waals surface area contributed by atoms with Crippen LogP contribution < -0.4 is 0 Å². The molecule has 1 heteroatoms. The van der Waals surface area contributed by atoms with Crippen molar-refractivity contribution in [3.05, 3.63) is 0 Å². The first-order chi connectivity index (χ1) is 2.56. The van der Waals surface area contributed by atoms with E-state index in [-0.39, 0.29) is 0 Å². The molecule has 0 bridgehead atoms. The minimum Gasteiger partial charge on any atom is -0.118 e. The molecular weight excluding hydrogens is 95.5 g/mol. The maximum absolute atomic E-state index is 5.48. The molecule has 34 valence electrons. The van der Waals surface area contributed by atoms with E-state index in [1.54, 1.807) is 13.8 Å². The van der Waals surface area contributed by atoms with Crippen LogP contribution in [0.15, 0.2) is 0 Å². The molecule has 6 heavy (non-hydrogen) atoms. The summed E-state index contributed by atoms with van der Waals surface area (Å²) in [6.07, 6.45) is 4.92. The van der Waals surface area contributed by atoms with E-state index in [4.69, 9.17) is 18.0 Å². The third kappa shape index (κ3) is 3.85. The number of rotatable bonds is 0. The molecular formula is C5H7Cl. The number of terminal acetylenes is 1. The Labute approximate surface area is 43.5 Å². The molecule has 0 saturated carbocycles. The predicted octanol–water partition coefficient (Wildman–Crippen LogP) is 1.64. The number of alkyl halides is 1. The fourth-order valence-electron chi connectivity index (χ4n) is 0. The predicted molar refractivity (Wildman–Crippen MR) is 28.8 cm³/mol. The summed E-state index contributed by atoms with van der Waals surface area (Å²) in [5.74, 6) is 2.37. The van der Waals surface area contributed by atoms with E-state index in [0.29, 0.717) is 0 Å². The van der Waals surface area contributed by atoms with Gasteiger partial charge in [-0.2, -0.15) is 0 Å². The molecule has 0 radical (unpaired) electrons. The van der Waals surface area contributed by atoms with E-state index in [2.05, 4.69) is 5.92 Å². The summed E-state index contributed by atoms with van der Waals surface area (Å²) in [6, 6.07) is 0. The average Bonchev–Trinajstić information content (AvgIpc) is 1.35. The van der Waals surface area contributed by atoms with Gasteiger partial charge in [0.05, 0.1) is 4.87 Å². The Morgan fingerprint density at radius 3 is 1.83 bits per heavy atom. The van der Waals surface area contributed by atoms with Gasteiger partial charge in [-0.05, 0) is 13.8 Å². The van der Waals surface area contributed by atoms with E-state index < -0.39 is 4.87 Å². The lowest BCUT2D eigenvalue weighted by atomic mass is 10.2. The van der Waals surface area contributed by atoms with Crippen molar-refractivity contribution >= 4 is 11.6 Å². The van der Waals surface area contributed by atoms with Crippen LogP contribution in [-0.2, 0) is 0 Å². The van der Waals surface area contributed by atoms with Crippen LogP contribution in [0.25, 0.3) is 0 Å². The lowest BCUT2D eigenvalue weighted by Crippen LogP contribution is -2.03. The molecule has 0 amide bonds. The minimum atomic E-state index is -0.458. The third-order valence-electron chi connectivity index (χ3n) is 0.343. The van der Waals surface area contributed by atoms with Crippen molar-refractivity contribution in [3.63, 3.8) is 0 Å². The molecule has 0 aliphatic carbocycles. The average molecular weight is 103 g/mol. The molecule has 0 aromatic rings. The molecule has 0 saturated heterocycles. The normalized spacial score (nSPS) is 10.3. The zero-order valence-corrected chi connectivity index (χ0v) is 4.71. The molecule has 0 aliphatic heterocycles. The zero-order valence-electron chi connectivity index (χ0n) is 3.96. The lowest BCUT2D eigenvalue weighted by molar-refractivity contribution is 0.918. The van der Waals surface area contributed by atoms with Gasteiger partial charge in [-0.15, -0.1) is 18.0 Å². The van der Waals surface area contributed by atoms with Crippen molar-refractivity contribution in [2.45, 2.75) is 18.7 Å². The fraction of sp³-hybridized carbons (Fsp3) is 0.600. The number of hydrogen-bond donors (Lipinski definition) is 0. The smallest absolute Gasteiger partial charge is 0.0990 e. The van der Waals surface area contributed by atoms with Crippen LogP contribution in [0.3, 0.4) is 0 Å². The van der Waals surface area contributed by atoms with Gasteiger partial charge in [0, 0.05) is 0 Å². The molecule has 0 nitrogen and oxygen atoms in total. The van der Waals surface area contributed by atoms with E-state index in [0.717, 1.165) is 0 Å². The second kappa shape index (κ2) is 1.53. The molecule has 0 unspecified atom stereocenters. The van der Waals surface area contributed by atoms with Gasteiger partial charge < -0.3 is 0 Å². The van der Waals surface area contributed by atoms with Crippen LogP contribution in [-0.4, -0.2) is 4.87 Å². The number of halogens is 1. The Kier molecular flexibility index (Phi) is 1.49. The van der Waals surface area contributed by atoms with Crippen molar-refractivity contribution in [1.82, 2.24) is 0 Å². The van der Waals surface area contributed by atoms with Crippen LogP contribution in [0.5, 0.6) is 0 Å². The van der Waals surface area contributed by atoms with Crippen molar-refractivity contribution < 1.29 is 0 Å². The van der Waals surface area contributed by atoms with Gasteiger partial charge in [-0.3, -0.25) is 0 Å². The second-order valence-electron chi connectivity index (χ2n) is 1.62. The molecule has 0 aliphatic rings. The van der Waals surface area contributed by atoms with E-state index >= 15 is 0 Å². The highest BCUT2D eigenvalue weighted by Crippen LogP contribution is 2.08. The molecule has 0 aromatic heterocycles. The van der Waals surface area contributed by atoms with E-state index in [9.17, 15) is 0 Å².